The minimum atomic E-state index is -0.0788. The second-order valence-electron chi connectivity index (χ2n) is 17.7. The lowest BCUT2D eigenvalue weighted by atomic mass is 9.80. The Hall–Kier alpha value is -6.70. The van der Waals surface area contributed by atoms with Crippen LogP contribution in [0, 0.1) is 0 Å². The Morgan fingerprint density at radius 3 is 1.76 bits per heavy atom. The van der Waals surface area contributed by atoms with E-state index in [9.17, 15) is 0 Å². The van der Waals surface area contributed by atoms with E-state index < -0.39 is 0 Å². The van der Waals surface area contributed by atoms with Crippen molar-refractivity contribution in [3.63, 3.8) is 0 Å². The van der Waals surface area contributed by atoms with Crippen LogP contribution in [0.5, 0.6) is 0 Å². The molecule has 0 saturated carbocycles. The molecule has 0 amide bonds. The minimum absolute atomic E-state index is 0.0612. The second kappa shape index (κ2) is 13.4. The summed E-state index contributed by atoms with van der Waals surface area (Å²) in [5.41, 5.74) is 20.8. The van der Waals surface area contributed by atoms with Gasteiger partial charge < -0.3 is 4.90 Å². The van der Waals surface area contributed by atoms with E-state index in [1.54, 1.807) is 0 Å². The summed E-state index contributed by atoms with van der Waals surface area (Å²) in [7, 11) is 0. The van der Waals surface area contributed by atoms with E-state index in [1.807, 2.05) is 0 Å². The lowest BCUT2D eigenvalue weighted by Gasteiger charge is -2.31. The van der Waals surface area contributed by atoms with Gasteiger partial charge in [-0.2, -0.15) is 0 Å². The Morgan fingerprint density at radius 2 is 1.03 bits per heavy atom. The number of anilines is 2. The van der Waals surface area contributed by atoms with Gasteiger partial charge in [-0.15, -0.1) is 0 Å². The van der Waals surface area contributed by atoms with Crippen molar-refractivity contribution >= 4 is 22.1 Å². The summed E-state index contributed by atoms with van der Waals surface area (Å²) < 4.78 is 0. The highest BCUT2D eigenvalue weighted by Crippen LogP contribution is 2.55. The van der Waals surface area contributed by atoms with Gasteiger partial charge in [0.15, 0.2) is 0 Å². The second-order valence-corrected chi connectivity index (χ2v) is 17.7. The van der Waals surface area contributed by atoms with E-state index in [4.69, 9.17) is 0 Å². The molecule has 0 heterocycles. The molecule has 0 fully saturated rings. The molecule has 0 radical (unpaired) electrons. The van der Waals surface area contributed by atoms with E-state index >= 15 is 0 Å². The lowest BCUT2D eigenvalue weighted by molar-refractivity contribution is 0.660. The van der Waals surface area contributed by atoms with Crippen LogP contribution in [0.3, 0.4) is 0 Å². The molecule has 0 N–H and O–H groups in total. The molecule has 0 spiro atoms. The van der Waals surface area contributed by atoms with Crippen LogP contribution in [-0.4, -0.2) is 0 Å². The largest absolute Gasteiger partial charge is 0.311 e. The van der Waals surface area contributed by atoms with E-state index in [0.717, 1.165) is 12.1 Å². The van der Waals surface area contributed by atoms with Gasteiger partial charge in [-0.05, 0) is 126 Å². The summed E-state index contributed by atoms with van der Waals surface area (Å²) in [5.74, 6) is 0.372. The van der Waals surface area contributed by atoms with E-state index in [-0.39, 0.29) is 10.8 Å². The van der Waals surface area contributed by atoms with Gasteiger partial charge in [0.2, 0.25) is 0 Å². The van der Waals surface area contributed by atoms with E-state index in [1.165, 1.54) is 94.5 Å². The molecular weight excluding hydrogens is 711 g/mol. The molecule has 11 rings (SSSR count). The van der Waals surface area contributed by atoms with Crippen molar-refractivity contribution in [1.82, 2.24) is 0 Å². The Morgan fingerprint density at radius 1 is 0.458 bits per heavy atom. The first-order valence-corrected chi connectivity index (χ1v) is 21.1. The van der Waals surface area contributed by atoms with Gasteiger partial charge in [0.1, 0.15) is 0 Å². The normalized spacial score (nSPS) is 16.5. The third-order valence-corrected chi connectivity index (χ3v) is 13.6. The molecular formula is C58H47N. The molecule has 284 valence electrons. The summed E-state index contributed by atoms with van der Waals surface area (Å²) in [6.45, 7) is 9.47. The van der Waals surface area contributed by atoms with Crippen LogP contribution >= 0.6 is 0 Å². The van der Waals surface area contributed by atoms with Gasteiger partial charge in [0, 0.05) is 33.8 Å². The number of allylic oxidation sites excluding steroid dienone is 3. The van der Waals surface area contributed by atoms with Crippen molar-refractivity contribution in [1.29, 1.82) is 0 Å². The predicted molar refractivity (Wildman–Crippen MR) is 250 cm³/mol. The first-order chi connectivity index (χ1) is 28.8. The summed E-state index contributed by atoms with van der Waals surface area (Å²) in [6.07, 6.45) is 8.08. The Kier molecular flexibility index (Phi) is 8.07. The van der Waals surface area contributed by atoms with Crippen molar-refractivity contribution < 1.29 is 0 Å². The summed E-state index contributed by atoms with van der Waals surface area (Å²) in [6, 6.07) is 65.6. The van der Waals surface area contributed by atoms with Crippen molar-refractivity contribution in [2.24, 2.45) is 0 Å². The number of hydrogen-bond donors (Lipinski definition) is 0. The van der Waals surface area contributed by atoms with Crippen LogP contribution in [0.1, 0.15) is 67.9 Å². The van der Waals surface area contributed by atoms with Gasteiger partial charge in [0.25, 0.3) is 0 Å². The van der Waals surface area contributed by atoms with Crippen molar-refractivity contribution in [3.05, 3.63) is 228 Å². The zero-order valence-corrected chi connectivity index (χ0v) is 34.2. The van der Waals surface area contributed by atoms with Crippen molar-refractivity contribution in [2.75, 3.05) is 4.90 Å². The summed E-state index contributed by atoms with van der Waals surface area (Å²) in [4.78, 5) is 2.45. The molecule has 1 nitrogen and oxygen atoms in total. The molecule has 0 aromatic heterocycles. The third-order valence-electron chi connectivity index (χ3n) is 13.6. The summed E-state index contributed by atoms with van der Waals surface area (Å²) in [5, 5.41) is 2.59. The topological polar surface area (TPSA) is 3.24 Å². The fourth-order valence-corrected chi connectivity index (χ4v) is 10.4. The number of nitrogens with zero attached hydrogens (tertiary/aromatic N) is 1. The fourth-order valence-electron chi connectivity index (χ4n) is 10.4. The van der Waals surface area contributed by atoms with E-state index in [2.05, 4.69) is 227 Å². The van der Waals surface area contributed by atoms with Crippen LogP contribution in [0.4, 0.5) is 11.4 Å². The molecule has 8 aromatic carbocycles. The van der Waals surface area contributed by atoms with Crippen LogP contribution in [0.15, 0.2) is 200 Å². The highest BCUT2D eigenvalue weighted by molar-refractivity contribution is 6.08. The fraction of sp³-hybridized carbons (Fsp3) is 0.138. The van der Waals surface area contributed by atoms with Gasteiger partial charge in [-0.1, -0.05) is 185 Å². The SMILES string of the molecule is CC1(C)c2ccccc2-c2ccc(N(C3=CCC(c4ccccc4)C=C3)c3ccc(-c4ccc(-c5c6c(cc7ccccc57)C(C)(C)c5ccccc5-6)cc4)cc3)cc21. The van der Waals surface area contributed by atoms with Crippen LogP contribution < -0.4 is 4.90 Å². The third kappa shape index (κ3) is 5.59. The quantitative estimate of drug-likeness (QED) is 0.163. The monoisotopic (exact) mass is 757 g/mol. The lowest BCUT2D eigenvalue weighted by Crippen LogP contribution is -2.19. The molecule has 1 atom stereocenters. The smallest absolute Gasteiger partial charge is 0.0464 e. The predicted octanol–water partition coefficient (Wildman–Crippen LogP) is 15.6. The van der Waals surface area contributed by atoms with Crippen LogP contribution in [0.25, 0.3) is 55.3 Å². The highest BCUT2D eigenvalue weighted by atomic mass is 15.1. The molecule has 8 aromatic rings. The zero-order chi connectivity index (χ0) is 39.9. The Balaban J connectivity index is 0.963. The van der Waals surface area contributed by atoms with Gasteiger partial charge in [-0.25, -0.2) is 0 Å². The standard InChI is InChI=1S/C58H47N/c1-57(2)51-20-12-10-18-48(51)49-35-34-46(37-53(49)57)59(44-30-26-40(27-31-44)38-14-6-5-7-15-38)45-32-28-41(29-33-45)39-22-24-42(25-23-39)55-47-17-9-8-16-43(47)36-54-56(55)50-19-11-13-21-52(50)58(54,3)4/h5-26,28-37,40H,27H2,1-4H3. The first-order valence-electron chi connectivity index (χ1n) is 21.1. The molecule has 3 aliphatic rings. The van der Waals surface area contributed by atoms with Crippen molar-refractivity contribution in [3.8, 4) is 44.5 Å². The molecule has 0 aliphatic heterocycles. The average Bonchev–Trinajstić information content (AvgIpc) is 3.65. The molecule has 3 aliphatic carbocycles. The summed E-state index contributed by atoms with van der Waals surface area (Å²) >= 11 is 0. The minimum Gasteiger partial charge on any atom is -0.311 e. The average molecular weight is 758 g/mol. The maximum absolute atomic E-state index is 2.45. The van der Waals surface area contributed by atoms with Gasteiger partial charge >= 0.3 is 0 Å². The van der Waals surface area contributed by atoms with Crippen LogP contribution in [0.2, 0.25) is 0 Å². The zero-order valence-electron chi connectivity index (χ0n) is 34.2. The molecule has 59 heavy (non-hydrogen) atoms. The molecule has 1 heteroatoms. The maximum Gasteiger partial charge on any atom is 0.0464 e. The first kappa shape index (κ1) is 35.5. The van der Waals surface area contributed by atoms with Gasteiger partial charge in [-0.3, -0.25) is 0 Å². The number of benzene rings is 8. The maximum atomic E-state index is 2.45. The van der Waals surface area contributed by atoms with Crippen LogP contribution in [-0.2, 0) is 10.8 Å². The molecule has 1 unspecified atom stereocenters. The molecule has 0 bridgehead atoms. The number of hydrogen-bond acceptors (Lipinski definition) is 1. The van der Waals surface area contributed by atoms with Crippen molar-refractivity contribution in [2.45, 2.75) is 50.9 Å². The van der Waals surface area contributed by atoms with Gasteiger partial charge in [0.05, 0.1) is 0 Å². The Bertz CT molecular complexity index is 2990. The molecule has 0 saturated heterocycles. The highest BCUT2D eigenvalue weighted by Gasteiger charge is 2.38. The van der Waals surface area contributed by atoms with E-state index in [0.29, 0.717) is 5.92 Å². The Labute approximate surface area is 348 Å². The number of fused-ring (bicyclic) bond motifs is 7. The number of rotatable bonds is 6.